The van der Waals surface area contributed by atoms with Crippen molar-refractivity contribution in [2.24, 2.45) is 0 Å². The second-order valence-corrected chi connectivity index (χ2v) is 9.11. The number of aryl methyl sites for hydroxylation is 3. The van der Waals surface area contributed by atoms with Crippen molar-refractivity contribution in [2.45, 2.75) is 51.1 Å². The molecule has 2 rings (SSSR count). The number of rotatable bonds is 9. The molecule has 2 atom stereocenters. The lowest BCUT2D eigenvalue weighted by atomic mass is 10.1. The molecule has 1 amide bonds. The first-order chi connectivity index (χ1) is 13.6. The highest BCUT2D eigenvalue weighted by atomic mass is 32.2. The summed E-state index contributed by atoms with van der Waals surface area (Å²) in [6.45, 7) is 7.60. The van der Waals surface area contributed by atoms with Gasteiger partial charge in [0.1, 0.15) is 6.04 Å². The predicted molar refractivity (Wildman–Crippen MR) is 114 cm³/mol. The van der Waals surface area contributed by atoms with Crippen LogP contribution in [0.4, 0.5) is 0 Å². The van der Waals surface area contributed by atoms with Crippen LogP contribution in [0.2, 0.25) is 0 Å². The highest BCUT2D eigenvalue weighted by Crippen LogP contribution is 2.22. The van der Waals surface area contributed by atoms with Crippen LogP contribution >= 0.6 is 0 Å². The van der Waals surface area contributed by atoms with Crippen LogP contribution in [0, 0.1) is 20.8 Å². The van der Waals surface area contributed by atoms with Crippen LogP contribution in [-0.4, -0.2) is 40.1 Å². The van der Waals surface area contributed by atoms with Crippen LogP contribution in [0.3, 0.4) is 0 Å². The maximum Gasteiger partial charge on any atom is 0.241 e. The monoisotopic (exact) mass is 418 g/mol. The molecule has 0 aliphatic rings. The molecule has 29 heavy (non-hydrogen) atoms. The molecular formula is C22H30N2O4S. The fourth-order valence-electron chi connectivity index (χ4n) is 3.51. The number of sulfonamides is 1. The molecule has 0 saturated carbocycles. The normalized spacial score (nSPS) is 13.7. The predicted octanol–water partition coefficient (Wildman–Crippen LogP) is 2.65. The lowest BCUT2D eigenvalue weighted by molar-refractivity contribution is -0.123. The average Bonchev–Trinajstić information content (AvgIpc) is 2.60. The minimum absolute atomic E-state index is 0.221. The Labute approximate surface area is 173 Å². The number of benzene rings is 2. The topological polar surface area (TPSA) is 84.5 Å². The van der Waals surface area contributed by atoms with Crippen LogP contribution in [0.1, 0.15) is 29.2 Å². The summed E-state index contributed by atoms with van der Waals surface area (Å²) >= 11 is 0. The van der Waals surface area contributed by atoms with E-state index in [1.54, 1.807) is 21.0 Å². The molecule has 0 heterocycles. The van der Waals surface area contributed by atoms with E-state index in [2.05, 4.69) is 10.0 Å². The number of amides is 1. The first-order valence-corrected chi connectivity index (χ1v) is 11.1. The molecule has 0 radical (unpaired) electrons. The van der Waals surface area contributed by atoms with Crippen molar-refractivity contribution in [2.75, 3.05) is 13.7 Å². The molecule has 2 aromatic rings. The largest absolute Gasteiger partial charge is 0.383 e. The van der Waals surface area contributed by atoms with Crippen LogP contribution in [0.15, 0.2) is 47.4 Å². The standard InChI is InChI=1S/C22H30N2O4S/c1-15-11-16(2)21(17(3)12-15)29(26,27)24-20(13-19-9-7-6-8-10-19)22(25)23-18(4)14-28-5/h6-12,18,20,24H,13-14H2,1-5H3,(H,23,25)/t18-,20-/m0/s1. The van der Waals surface area contributed by atoms with E-state index in [9.17, 15) is 13.2 Å². The van der Waals surface area contributed by atoms with Gasteiger partial charge in [-0.15, -0.1) is 0 Å². The Morgan fingerprint density at radius 2 is 1.66 bits per heavy atom. The van der Waals surface area contributed by atoms with Gasteiger partial charge < -0.3 is 10.1 Å². The van der Waals surface area contributed by atoms with Crippen molar-refractivity contribution < 1.29 is 17.9 Å². The van der Waals surface area contributed by atoms with Gasteiger partial charge in [0, 0.05) is 13.2 Å². The quantitative estimate of drug-likeness (QED) is 0.656. The maximum absolute atomic E-state index is 13.2. The third-order valence-corrected chi connectivity index (χ3v) is 6.35. The molecule has 6 nitrogen and oxygen atoms in total. The van der Waals surface area contributed by atoms with E-state index >= 15 is 0 Å². The van der Waals surface area contributed by atoms with Crippen LogP contribution in [0.5, 0.6) is 0 Å². The van der Waals surface area contributed by atoms with Gasteiger partial charge in [0.2, 0.25) is 15.9 Å². The summed E-state index contributed by atoms with van der Waals surface area (Å²) in [5.74, 6) is -0.385. The second-order valence-electron chi connectivity index (χ2n) is 7.46. The number of nitrogens with one attached hydrogen (secondary N) is 2. The molecule has 0 aliphatic heterocycles. The van der Waals surface area contributed by atoms with Crippen molar-refractivity contribution in [3.05, 3.63) is 64.7 Å². The van der Waals surface area contributed by atoms with Crippen molar-refractivity contribution >= 4 is 15.9 Å². The first-order valence-electron chi connectivity index (χ1n) is 9.57. The highest BCUT2D eigenvalue weighted by molar-refractivity contribution is 7.89. The van der Waals surface area contributed by atoms with Crippen LogP contribution in [0.25, 0.3) is 0 Å². The van der Waals surface area contributed by atoms with E-state index in [-0.39, 0.29) is 23.3 Å². The first kappa shape index (κ1) is 23.1. The average molecular weight is 419 g/mol. The number of hydrogen-bond donors (Lipinski definition) is 2. The van der Waals surface area contributed by atoms with E-state index < -0.39 is 16.1 Å². The zero-order valence-electron chi connectivity index (χ0n) is 17.7. The third-order valence-electron chi connectivity index (χ3n) is 4.58. The summed E-state index contributed by atoms with van der Waals surface area (Å²) in [5.41, 5.74) is 3.17. The summed E-state index contributed by atoms with van der Waals surface area (Å²) in [6.07, 6.45) is 0.246. The molecule has 7 heteroatoms. The summed E-state index contributed by atoms with van der Waals surface area (Å²) in [4.78, 5) is 13.1. The molecule has 2 aromatic carbocycles. The van der Waals surface area contributed by atoms with Gasteiger partial charge in [-0.1, -0.05) is 48.0 Å². The Bertz CT molecular complexity index is 920. The molecule has 0 fully saturated rings. The second kappa shape index (κ2) is 10.0. The summed E-state index contributed by atoms with van der Waals surface area (Å²) in [7, 11) is -2.34. The van der Waals surface area contributed by atoms with Crippen molar-refractivity contribution in [1.82, 2.24) is 10.0 Å². The van der Waals surface area contributed by atoms with Crippen molar-refractivity contribution in [3.8, 4) is 0 Å². The molecule has 0 spiro atoms. The van der Waals surface area contributed by atoms with Crippen LogP contribution < -0.4 is 10.0 Å². The molecule has 0 bridgehead atoms. The minimum Gasteiger partial charge on any atom is -0.383 e. The number of carbonyl (C=O) groups excluding carboxylic acids is 1. The van der Waals surface area contributed by atoms with Gasteiger partial charge in [-0.3, -0.25) is 4.79 Å². The number of carbonyl (C=O) groups is 1. The molecular weight excluding hydrogens is 388 g/mol. The Morgan fingerprint density at radius 3 is 2.21 bits per heavy atom. The smallest absolute Gasteiger partial charge is 0.241 e. The number of ether oxygens (including phenoxy) is 1. The van der Waals surface area contributed by atoms with E-state index in [1.165, 1.54) is 0 Å². The Kier molecular flexibility index (Phi) is 7.96. The fraction of sp³-hybridized carbons (Fsp3) is 0.409. The number of hydrogen-bond acceptors (Lipinski definition) is 4. The molecule has 2 N–H and O–H groups in total. The Hall–Kier alpha value is -2.22. The van der Waals surface area contributed by atoms with Gasteiger partial charge >= 0.3 is 0 Å². The van der Waals surface area contributed by atoms with E-state index in [4.69, 9.17) is 4.74 Å². The van der Waals surface area contributed by atoms with Gasteiger partial charge in [0.05, 0.1) is 11.5 Å². The zero-order valence-corrected chi connectivity index (χ0v) is 18.5. The number of methoxy groups -OCH3 is 1. The molecule has 0 aromatic heterocycles. The highest BCUT2D eigenvalue weighted by Gasteiger charge is 2.29. The SMILES string of the molecule is COC[C@H](C)NC(=O)[C@H](Cc1ccccc1)NS(=O)(=O)c1c(C)cc(C)cc1C. The lowest BCUT2D eigenvalue weighted by Crippen LogP contribution is -2.51. The van der Waals surface area contributed by atoms with Crippen LogP contribution in [-0.2, 0) is 26.0 Å². The third kappa shape index (κ3) is 6.39. The molecule has 158 valence electrons. The van der Waals surface area contributed by atoms with Gasteiger partial charge in [0.15, 0.2) is 0 Å². The molecule has 0 aliphatic carbocycles. The maximum atomic E-state index is 13.2. The van der Waals surface area contributed by atoms with Gasteiger partial charge in [0.25, 0.3) is 0 Å². The molecule has 0 saturated heterocycles. The van der Waals surface area contributed by atoms with E-state index in [1.807, 2.05) is 56.3 Å². The minimum atomic E-state index is -3.89. The van der Waals surface area contributed by atoms with Gasteiger partial charge in [-0.2, -0.15) is 4.72 Å². The van der Waals surface area contributed by atoms with Gasteiger partial charge in [-0.25, -0.2) is 8.42 Å². The molecule has 0 unspecified atom stereocenters. The van der Waals surface area contributed by atoms with Crippen molar-refractivity contribution in [3.63, 3.8) is 0 Å². The Balaban J connectivity index is 2.34. The van der Waals surface area contributed by atoms with E-state index in [0.29, 0.717) is 17.7 Å². The van der Waals surface area contributed by atoms with E-state index in [0.717, 1.165) is 11.1 Å². The zero-order chi connectivity index (χ0) is 21.6. The fourth-order valence-corrected chi connectivity index (χ4v) is 5.16. The van der Waals surface area contributed by atoms with Gasteiger partial charge in [-0.05, 0) is 50.8 Å². The van der Waals surface area contributed by atoms with Crippen molar-refractivity contribution in [1.29, 1.82) is 0 Å². The summed E-state index contributed by atoms with van der Waals surface area (Å²) in [6, 6.07) is 11.8. The summed E-state index contributed by atoms with van der Waals surface area (Å²) in [5, 5.41) is 2.82. The summed E-state index contributed by atoms with van der Waals surface area (Å²) < 4.78 is 34.1. The Morgan fingerprint density at radius 1 is 1.07 bits per heavy atom. The lowest BCUT2D eigenvalue weighted by Gasteiger charge is -2.22.